The summed E-state index contributed by atoms with van der Waals surface area (Å²) in [5, 5.41) is 17.5. The number of carbonyl (C=O) groups excluding carboxylic acids is 1. The Morgan fingerprint density at radius 2 is 1.95 bits per heavy atom. The van der Waals surface area contributed by atoms with Gasteiger partial charge in [-0.15, -0.1) is 0 Å². The molecule has 0 aliphatic carbocycles. The van der Waals surface area contributed by atoms with Gasteiger partial charge in [-0.2, -0.15) is 0 Å². The van der Waals surface area contributed by atoms with E-state index in [9.17, 15) is 9.59 Å². The van der Waals surface area contributed by atoms with Gasteiger partial charge >= 0.3 is 12.0 Å². The zero-order valence-corrected chi connectivity index (χ0v) is 10.7. The second kappa shape index (κ2) is 5.91. The number of hydrogen-bond donors (Lipinski definition) is 3. The summed E-state index contributed by atoms with van der Waals surface area (Å²) in [4.78, 5) is 22.1. The molecule has 8 heteroatoms. The summed E-state index contributed by atoms with van der Waals surface area (Å²) in [5.41, 5.74) is 0.735. The van der Waals surface area contributed by atoms with Crippen molar-refractivity contribution in [2.45, 2.75) is 20.0 Å². The van der Waals surface area contributed by atoms with Gasteiger partial charge in [-0.05, 0) is 19.1 Å². The van der Waals surface area contributed by atoms with Crippen LogP contribution < -0.4 is 10.6 Å². The van der Waals surface area contributed by atoms with Crippen LogP contribution in [-0.4, -0.2) is 22.3 Å². The maximum absolute atomic E-state index is 11.5. The van der Waals surface area contributed by atoms with Gasteiger partial charge in [-0.3, -0.25) is 0 Å². The van der Waals surface area contributed by atoms with E-state index in [-0.39, 0.29) is 18.8 Å². The molecule has 0 atom stereocenters. The van der Waals surface area contributed by atoms with Gasteiger partial charge in [0.25, 0.3) is 0 Å². The molecule has 2 rings (SSSR count). The number of aryl methyl sites for hydroxylation is 1. The fraction of sp³-hybridized carbons (Fsp3) is 0.250. The molecule has 8 nitrogen and oxygen atoms in total. The minimum absolute atomic E-state index is 0.0918. The Hall–Kier alpha value is -2.77. The van der Waals surface area contributed by atoms with Crippen molar-refractivity contribution in [1.82, 2.24) is 15.8 Å². The summed E-state index contributed by atoms with van der Waals surface area (Å²) in [6, 6.07) is 4.11. The topological polar surface area (TPSA) is 118 Å². The Morgan fingerprint density at radius 3 is 2.50 bits per heavy atom. The number of furan rings is 1. The Morgan fingerprint density at radius 1 is 1.25 bits per heavy atom. The first-order chi connectivity index (χ1) is 9.54. The number of urea groups is 1. The van der Waals surface area contributed by atoms with Gasteiger partial charge in [0.05, 0.1) is 18.8 Å². The van der Waals surface area contributed by atoms with E-state index in [0.29, 0.717) is 11.5 Å². The van der Waals surface area contributed by atoms with Gasteiger partial charge < -0.3 is 24.7 Å². The minimum Gasteiger partial charge on any atom is -0.475 e. The van der Waals surface area contributed by atoms with Crippen molar-refractivity contribution in [2.75, 3.05) is 0 Å². The zero-order chi connectivity index (χ0) is 14.5. The smallest absolute Gasteiger partial charge is 0.371 e. The Balaban J connectivity index is 1.75. The minimum atomic E-state index is -1.15. The molecule has 2 heterocycles. The van der Waals surface area contributed by atoms with Crippen LogP contribution in [0, 0.1) is 6.92 Å². The molecule has 0 bridgehead atoms. The van der Waals surface area contributed by atoms with E-state index in [1.54, 1.807) is 13.0 Å². The van der Waals surface area contributed by atoms with Gasteiger partial charge in [0.1, 0.15) is 5.76 Å². The number of aromatic nitrogens is 1. The Kier molecular flexibility index (Phi) is 4.04. The zero-order valence-electron chi connectivity index (χ0n) is 10.7. The van der Waals surface area contributed by atoms with Crippen LogP contribution >= 0.6 is 0 Å². The molecule has 20 heavy (non-hydrogen) atoms. The van der Waals surface area contributed by atoms with Gasteiger partial charge in [0.2, 0.25) is 5.76 Å². The second-order valence-electron chi connectivity index (χ2n) is 4.04. The number of aromatic carboxylic acids is 1. The summed E-state index contributed by atoms with van der Waals surface area (Å²) in [6.07, 6.45) is 0. The normalized spacial score (nSPS) is 10.2. The summed E-state index contributed by atoms with van der Waals surface area (Å²) >= 11 is 0. The van der Waals surface area contributed by atoms with Gasteiger partial charge in [0, 0.05) is 6.07 Å². The van der Waals surface area contributed by atoms with Crippen LogP contribution in [-0.2, 0) is 13.1 Å². The Bertz CT molecular complexity index is 616. The largest absolute Gasteiger partial charge is 0.475 e. The molecule has 106 valence electrons. The summed E-state index contributed by atoms with van der Waals surface area (Å²) in [6.45, 7) is 2.09. The predicted octanol–water partition coefficient (Wildman–Crippen LogP) is 1.27. The molecule has 0 saturated carbocycles. The van der Waals surface area contributed by atoms with E-state index in [2.05, 4.69) is 15.8 Å². The van der Waals surface area contributed by atoms with Gasteiger partial charge in [0.15, 0.2) is 5.76 Å². The molecule has 0 fully saturated rings. The number of carboxylic acid groups (broad SMARTS) is 1. The maximum Gasteiger partial charge on any atom is 0.371 e. The summed E-state index contributed by atoms with van der Waals surface area (Å²) < 4.78 is 9.92. The lowest BCUT2D eigenvalue weighted by Crippen LogP contribution is -2.34. The molecular formula is C12H13N3O5. The van der Waals surface area contributed by atoms with Crippen molar-refractivity contribution in [3.05, 3.63) is 41.2 Å². The van der Waals surface area contributed by atoms with E-state index >= 15 is 0 Å². The number of nitrogens with zero attached hydrogens (tertiary/aromatic N) is 1. The first-order valence-corrected chi connectivity index (χ1v) is 5.80. The van der Waals surface area contributed by atoms with Crippen LogP contribution in [0.5, 0.6) is 0 Å². The van der Waals surface area contributed by atoms with Crippen LogP contribution in [0.4, 0.5) is 4.79 Å². The molecule has 2 amide bonds. The van der Waals surface area contributed by atoms with Crippen LogP contribution in [0.1, 0.15) is 27.8 Å². The second-order valence-corrected chi connectivity index (χ2v) is 4.04. The van der Waals surface area contributed by atoms with Crippen molar-refractivity contribution in [3.8, 4) is 0 Å². The first kappa shape index (κ1) is 13.7. The molecule has 2 aromatic heterocycles. The third-order valence-electron chi connectivity index (χ3n) is 2.40. The van der Waals surface area contributed by atoms with E-state index in [1.807, 2.05) is 0 Å². The lowest BCUT2D eigenvalue weighted by atomic mass is 10.4. The molecule has 0 saturated heterocycles. The molecular weight excluding hydrogens is 266 g/mol. The fourth-order valence-electron chi connectivity index (χ4n) is 1.48. The monoisotopic (exact) mass is 279 g/mol. The fourth-order valence-corrected chi connectivity index (χ4v) is 1.48. The average Bonchev–Trinajstić information content (AvgIpc) is 3.03. The molecule has 0 aliphatic heterocycles. The number of carbonyl (C=O) groups is 2. The highest BCUT2D eigenvalue weighted by molar-refractivity contribution is 5.84. The molecule has 0 radical (unpaired) electrons. The van der Waals surface area contributed by atoms with Crippen LogP contribution in [0.3, 0.4) is 0 Å². The highest BCUT2D eigenvalue weighted by Crippen LogP contribution is 2.07. The van der Waals surface area contributed by atoms with Crippen molar-refractivity contribution in [1.29, 1.82) is 0 Å². The quantitative estimate of drug-likeness (QED) is 0.758. The standard InChI is InChI=1S/C12H13N3O5/c1-7-4-9(20-15-7)6-14-12(18)13-5-8-2-3-10(19-8)11(16)17/h2-4H,5-6H2,1H3,(H,16,17)(H2,13,14,18). The number of rotatable bonds is 5. The Labute approximate surface area is 113 Å². The molecule has 2 aromatic rings. The highest BCUT2D eigenvalue weighted by Gasteiger charge is 2.10. The number of amides is 2. The number of carboxylic acids is 1. The van der Waals surface area contributed by atoms with E-state index in [1.165, 1.54) is 12.1 Å². The maximum atomic E-state index is 11.5. The summed E-state index contributed by atoms with van der Waals surface area (Å²) in [7, 11) is 0. The molecule has 0 unspecified atom stereocenters. The number of nitrogens with one attached hydrogen (secondary N) is 2. The van der Waals surface area contributed by atoms with Gasteiger partial charge in [-0.1, -0.05) is 5.16 Å². The van der Waals surface area contributed by atoms with Crippen molar-refractivity contribution in [3.63, 3.8) is 0 Å². The van der Waals surface area contributed by atoms with Crippen molar-refractivity contribution in [2.24, 2.45) is 0 Å². The third kappa shape index (κ3) is 3.61. The lowest BCUT2D eigenvalue weighted by Gasteiger charge is -2.04. The van der Waals surface area contributed by atoms with Gasteiger partial charge in [-0.25, -0.2) is 9.59 Å². The first-order valence-electron chi connectivity index (χ1n) is 5.80. The van der Waals surface area contributed by atoms with Crippen LogP contribution in [0.2, 0.25) is 0 Å². The number of hydrogen-bond acceptors (Lipinski definition) is 5. The van der Waals surface area contributed by atoms with Crippen molar-refractivity contribution >= 4 is 12.0 Å². The predicted molar refractivity (Wildman–Crippen MR) is 66.0 cm³/mol. The van der Waals surface area contributed by atoms with Crippen LogP contribution in [0.15, 0.2) is 27.1 Å². The van der Waals surface area contributed by atoms with Crippen molar-refractivity contribution < 1.29 is 23.6 Å². The lowest BCUT2D eigenvalue weighted by molar-refractivity contribution is 0.0660. The van der Waals surface area contributed by atoms with E-state index in [0.717, 1.165) is 5.69 Å². The SMILES string of the molecule is Cc1cc(CNC(=O)NCc2ccc(C(=O)O)o2)on1. The molecule has 0 aliphatic rings. The molecule has 3 N–H and O–H groups in total. The molecule has 0 aromatic carbocycles. The summed E-state index contributed by atoms with van der Waals surface area (Å²) in [5.74, 6) is -0.419. The van der Waals surface area contributed by atoms with Crippen LogP contribution in [0.25, 0.3) is 0 Å². The van der Waals surface area contributed by atoms with E-state index in [4.69, 9.17) is 14.0 Å². The molecule has 0 spiro atoms. The van der Waals surface area contributed by atoms with E-state index < -0.39 is 12.0 Å². The highest BCUT2D eigenvalue weighted by atomic mass is 16.5. The average molecular weight is 279 g/mol. The third-order valence-corrected chi connectivity index (χ3v) is 2.40.